The minimum Gasteiger partial charge on any atom is -0.326 e. The van der Waals surface area contributed by atoms with Crippen molar-refractivity contribution in [3.05, 3.63) is 65.2 Å². The number of hydrogen-bond acceptors (Lipinski definition) is 3. The van der Waals surface area contributed by atoms with Crippen molar-refractivity contribution in [3.63, 3.8) is 0 Å². The quantitative estimate of drug-likeness (QED) is 0.886. The first-order valence-electron chi connectivity index (χ1n) is 6.92. The second-order valence-corrected chi connectivity index (χ2v) is 5.29. The summed E-state index contributed by atoms with van der Waals surface area (Å²) in [7, 11) is 4.04. The summed E-state index contributed by atoms with van der Waals surface area (Å²) in [5.74, 6) is -0.111. The van der Waals surface area contributed by atoms with Crippen molar-refractivity contribution < 1.29 is 4.79 Å². The van der Waals surface area contributed by atoms with E-state index in [2.05, 4.69) is 10.2 Å². The second kappa shape index (κ2) is 7.02. The summed E-state index contributed by atoms with van der Waals surface area (Å²) >= 11 is 0. The van der Waals surface area contributed by atoms with E-state index in [9.17, 15) is 4.79 Å². The van der Waals surface area contributed by atoms with Gasteiger partial charge in [-0.15, -0.1) is 0 Å². The predicted molar refractivity (Wildman–Crippen MR) is 86.1 cm³/mol. The molecule has 0 aromatic heterocycles. The molecule has 1 amide bonds. The maximum Gasteiger partial charge on any atom is 0.255 e. The summed E-state index contributed by atoms with van der Waals surface area (Å²) in [5, 5.41) is 2.92. The highest BCUT2D eigenvalue weighted by Gasteiger charge is 2.06. The lowest BCUT2D eigenvalue weighted by Crippen LogP contribution is -2.13. The molecule has 2 aromatic carbocycles. The van der Waals surface area contributed by atoms with Gasteiger partial charge in [0.2, 0.25) is 0 Å². The highest BCUT2D eigenvalue weighted by molar-refractivity contribution is 6.04. The smallest absolute Gasteiger partial charge is 0.255 e. The highest BCUT2D eigenvalue weighted by atomic mass is 16.1. The Labute approximate surface area is 125 Å². The van der Waals surface area contributed by atoms with Gasteiger partial charge in [-0.1, -0.05) is 24.3 Å². The average molecular weight is 283 g/mol. The van der Waals surface area contributed by atoms with Gasteiger partial charge in [0.1, 0.15) is 0 Å². The van der Waals surface area contributed by atoms with Crippen LogP contribution in [0.4, 0.5) is 5.69 Å². The van der Waals surface area contributed by atoms with Crippen molar-refractivity contribution in [1.29, 1.82) is 0 Å². The lowest BCUT2D eigenvalue weighted by Gasteiger charge is -2.11. The molecule has 2 rings (SSSR count). The van der Waals surface area contributed by atoms with E-state index in [-0.39, 0.29) is 5.91 Å². The van der Waals surface area contributed by atoms with Crippen LogP contribution in [0.3, 0.4) is 0 Å². The third-order valence-electron chi connectivity index (χ3n) is 3.14. The molecule has 4 nitrogen and oxygen atoms in total. The van der Waals surface area contributed by atoms with Crippen molar-refractivity contribution in [3.8, 4) is 0 Å². The number of nitrogens with one attached hydrogen (secondary N) is 1. The van der Waals surface area contributed by atoms with Crippen LogP contribution in [0.5, 0.6) is 0 Å². The van der Waals surface area contributed by atoms with E-state index in [4.69, 9.17) is 5.73 Å². The molecule has 0 saturated heterocycles. The van der Waals surface area contributed by atoms with Gasteiger partial charge in [0.05, 0.1) is 0 Å². The molecule has 0 atom stereocenters. The number of carbonyl (C=O) groups excluding carboxylic acids is 1. The van der Waals surface area contributed by atoms with Crippen molar-refractivity contribution >= 4 is 11.6 Å². The summed E-state index contributed by atoms with van der Waals surface area (Å²) < 4.78 is 0. The molecule has 110 valence electrons. The SMILES string of the molecule is CN(C)Cc1cccc(NC(=O)c2ccc(CN)cc2)c1. The molecule has 0 fully saturated rings. The number of benzene rings is 2. The number of anilines is 1. The van der Waals surface area contributed by atoms with Crippen LogP contribution in [0.15, 0.2) is 48.5 Å². The molecule has 0 bridgehead atoms. The maximum atomic E-state index is 12.2. The van der Waals surface area contributed by atoms with Crippen LogP contribution in [-0.4, -0.2) is 24.9 Å². The molecule has 0 spiro atoms. The first kappa shape index (κ1) is 15.2. The van der Waals surface area contributed by atoms with E-state index < -0.39 is 0 Å². The van der Waals surface area contributed by atoms with Crippen LogP contribution in [0, 0.1) is 0 Å². The van der Waals surface area contributed by atoms with E-state index in [0.717, 1.165) is 23.4 Å². The molecular weight excluding hydrogens is 262 g/mol. The van der Waals surface area contributed by atoms with Gasteiger partial charge in [-0.2, -0.15) is 0 Å². The zero-order chi connectivity index (χ0) is 15.2. The van der Waals surface area contributed by atoms with Gasteiger partial charge in [0.15, 0.2) is 0 Å². The van der Waals surface area contributed by atoms with E-state index in [0.29, 0.717) is 12.1 Å². The van der Waals surface area contributed by atoms with Crippen LogP contribution in [0.2, 0.25) is 0 Å². The van der Waals surface area contributed by atoms with E-state index in [1.807, 2.05) is 50.5 Å². The zero-order valence-electron chi connectivity index (χ0n) is 12.5. The summed E-state index contributed by atoms with van der Waals surface area (Å²) in [6, 6.07) is 15.2. The topological polar surface area (TPSA) is 58.4 Å². The standard InChI is InChI=1S/C17H21N3O/c1-20(2)12-14-4-3-5-16(10-14)19-17(21)15-8-6-13(11-18)7-9-15/h3-10H,11-12,18H2,1-2H3,(H,19,21). The predicted octanol–water partition coefficient (Wildman–Crippen LogP) is 2.46. The van der Waals surface area contributed by atoms with Crippen molar-refractivity contribution in [2.24, 2.45) is 5.73 Å². The Bertz CT molecular complexity index is 606. The molecule has 0 aliphatic carbocycles. The minimum atomic E-state index is -0.111. The second-order valence-electron chi connectivity index (χ2n) is 5.29. The molecule has 21 heavy (non-hydrogen) atoms. The van der Waals surface area contributed by atoms with Gasteiger partial charge in [0.25, 0.3) is 5.91 Å². The Hall–Kier alpha value is -2.17. The molecule has 4 heteroatoms. The third kappa shape index (κ3) is 4.41. The Morgan fingerprint density at radius 2 is 1.81 bits per heavy atom. The largest absolute Gasteiger partial charge is 0.326 e. The van der Waals surface area contributed by atoms with E-state index >= 15 is 0 Å². The minimum absolute atomic E-state index is 0.111. The molecule has 3 N–H and O–H groups in total. The van der Waals surface area contributed by atoms with Gasteiger partial charge in [-0.3, -0.25) is 4.79 Å². The van der Waals surface area contributed by atoms with Crippen molar-refractivity contribution in [2.75, 3.05) is 19.4 Å². The number of carbonyl (C=O) groups is 1. The van der Waals surface area contributed by atoms with Crippen molar-refractivity contribution in [1.82, 2.24) is 4.90 Å². The molecule has 0 aliphatic rings. The van der Waals surface area contributed by atoms with Gasteiger partial charge >= 0.3 is 0 Å². The van der Waals surface area contributed by atoms with Gasteiger partial charge in [-0.25, -0.2) is 0 Å². The fourth-order valence-electron chi connectivity index (χ4n) is 2.11. The Morgan fingerprint density at radius 3 is 2.43 bits per heavy atom. The van der Waals surface area contributed by atoms with Crippen molar-refractivity contribution in [2.45, 2.75) is 13.1 Å². The Morgan fingerprint density at radius 1 is 1.10 bits per heavy atom. The van der Waals surface area contributed by atoms with Crippen LogP contribution in [-0.2, 0) is 13.1 Å². The zero-order valence-corrected chi connectivity index (χ0v) is 12.5. The molecule has 0 radical (unpaired) electrons. The number of amides is 1. The van der Waals surface area contributed by atoms with E-state index in [1.54, 1.807) is 12.1 Å². The monoisotopic (exact) mass is 283 g/mol. The van der Waals surface area contributed by atoms with Crippen LogP contribution < -0.4 is 11.1 Å². The van der Waals surface area contributed by atoms with Gasteiger partial charge in [0, 0.05) is 24.3 Å². The normalized spacial score (nSPS) is 10.7. The molecule has 0 unspecified atom stereocenters. The molecule has 0 aliphatic heterocycles. The van der Waals surface area contributed by atoms with Crippen LogP contribution >= 0.6 is 0 Å². The number of rotatable bonds is 5. The fraction of sp³-hybridized carbons (Fsp3) is 0.235. The Kier molecular flexibility index (Phi) is 5.09. The Balaban J connectivity index is 2.07. The summed E-state index contributed by atoms with van der Waals surface area (Å²) in [4.78, 5) is 14.3. The summed E-state index contributed by atoms with van der Waals surface area (Å²) in [5.41, 5.74) is 9.17. The lowest BCUT2D eigenvalue weighted by atomic mass is 10.1. The number of nitrogens with two attached hydrogens (primary N) is 1. The fourth-order valence-corrected chi connectivity index (χ4v) is 2.11. The lowest BCUT2D eigenvalue weighted by molar-refractivity contribution is 0.102. The maximum absolute atomic E-state index is 12.2. The number of hydrogen-bond donors (Lipinski definition) is 2. The first-order chi connectivity index (χ1) is 10.1. The molecular formula is C17H21N3O. The summed E-state index contributed by atoms with van der Waals surface area (Å²) in [6.07, 6.45) is 0. The van der Waals surface area contributed by atoms with Gasteiger partial charge in [-0.05, 0) is 49.5 Å². The summed E-state index contributed by atoms with van der Waals surface area (Å²) in [6.45, 7) is 1.32. The number of nitrogens with zero attached hydrogens (tertiary/aromatic N) is 1. The highest BCUT2D eigenvalue weighted by Crippen LogP contribution is 2.14. The average Bonchev–Trinajstić information content (AvgIpc) is 2.47. The van der Waals surface area contributed by atoms with Crippen LogP contribution in [0.1, 0.15) is 21.5 Å². The van der Waals surface area contributed by atoms with E-state index in [1.165, 1.54) is 0 Å². The molecule has 2 aromatic rings. The van der Waals surface area contributed by atoms with Gasteiger partial charge < -0.3 is 16.0 Å². The first-order valence-corrected chi connectivity index (χ1v) is 6.92. The van der Waals surface area contributed by atoms with Crippen LogP contribution in [0.25, 0.3) is 0 Å². The third-order valence-corrected chi connectivity index (χ3v) is 3.14. The molecule has 0 saturated carbocycles. The molecule has 0 heterocycles.